The maximum atomic E-state index is 12.3. The van der Waals surface area contributed by atoms with Gasteiger partial charge in [0.25, 0.3) is 5.91 Å². The van der Waals surface area contributed by atoms with Crippen LogP contribution in [0.5, 0.6) is 5.88 Å². The number of amides is 3. The summed E-state index contributed by atoms with van der Waals surface area (Å²) in [6.07, 6.45) is 1.83. The number of hydrogen-bond acceptors (Lipinski definition) is 5. The van der Waals surface area contributed by atoms with Crippen LogP contribution in [-0.4, -0.2) is 37.7 Å². The van der Waals surface area contributed by atoms with Gasteiger partial charge in [0.2, 0.25) is 5.88 Å². The lowest BCUT2D eigenvalue weighted by molar-refractivity contribution is 0.0695. The number of carboxylic acids is 1. The first-order chi connectivity index (χ1) is 14.8. The number of urea groups is 1. The van der Waals surface area contributed by atoms with E-state index in [1.54, 1.807) is 30.3 Å². The van der Waals surface area contributed by atoms with Crippen LogP contribution in [0.2, 0.25) is 0 Å². The average molecular weight is 423 g/mol. The Balaban J connectivity index is 1.64. The second kappa shape index (κ2) is 8.99. The van der Waals surface area contributed by atoms with Gasteiger partial charge in [-0.15, -0.1) is 0 Å². The number of nitrogens with one attached hydrogen (secondary N) is 2. The SMILES string of the molecule is CCc1cc(NC(=O)Nc2ccc(Cn3cnc(O)c3C(N)=O)cc2)ccc1C(=O)O. The van der Waals surface area contributed by atoms with Gasteiger partial charge >= 0.3 is 12.0 Å². The van der Waals surface area contributed by atoms with Crippen molar-refractivity contribution in [2.24, 2.45) is 5.73 Å². The number of nitrogens with zero attached hydrogens (tertiary/aromatic N) is 2. The van der Waals surface area contributed by atoms with E-state index in [2.05, 4.69) is 15.6 Å². The van der Waals surface area contributed by atoms with Crippen molar-refractivity contribution < 1.29 is 24.6 Å². The Kier molecular flexibility index (Phi) is 6.20. The minimum absolute atomic E-state index is 0.0815. The molecule has 0 atom stereocenters. The summed E-state index contributed by atoms with van der Waals surface area (Å²) in [7, 11) is 0. The molecule has 0 unspecified atom stereocenters. The lowest BCUT2D eigenvalue weighted by atomic mass is 10.0. The van der Waals surface area contributed by atoms with Gasteiger partial charge in [-0.05, 0) is 47.9 Å². The van der Waals surface area contributed by atoms with Gasteiger partial charge in [0.05, 0.1) is 11.9 Å². The van der Waals surface area contributed by atoms with Crippen molar-refractivity contribution >= 4 is 29.3 Å². The van der Waals surface area contributed by atoms with Gasteiger partial charge in [0, 0.05) is 17.9 Å². The van der Waals surface area contributed by atoms with E-state index in [4.69, 9.17) is 5.73 Å². The number of benzene rings is 2. The number of nitrogens with two attached hydrogens (primary N) is 1. The van der Waals surface area contributed by atoms with Crippen molar-refractivity contribution in [3.8, 4) is 5.88 Å². The van der Waals surface area contributed by atoms with E-state index >= 15 is 0 Å². The zero-order chi connectivity index (χ0) is 22.5. The Bertz CT molecular complexity index is 1140. The third-order valence-electron chi connectivity index (χ3n) is 4.59. The number of rotatable bonds is 7. The first-order valence-corrected chi connectivity index (χ1v) is 9.35. The molecule has 6 N–H and O–H groups in total. The Morgan fingerprint density at radius 3 is 2.32 bits per heavy atom. The van der Waals surface area contributed by atoms with Gasteiger partial charge < -0.3 is 31.1 Å². The number of carboxylic acid groups (broad SMARTS) is 1. The van der Waals surface area contributed by atoms with Crippen LogP contribution >= 0.6 is 0 Å². The number of carbonyl (C=O) groups is 3. The summed E-state index contributed by atoms with van der Waals surface area (Å²) in [5.41, 5.74) is 7.80. The van der Waals surface area contributed by atoms with Gasteiger partial charge in [0.1, 0.15) is 0 Å². The monoisotopic (exact) mass is 423 g/mol. The van der Waals surface area contributed by atoms with Gasteiger partial charge in [0.15, 0.2) is 5.69 Å². The lowest BCUT2D eigenvalue weighted by Gasteiger charge is -2.11. The molecule has 3 rings (SSSR count). The molecule has 0 aliphatic carbocycles. The molecule has 10 heteroatoms. The molecule has 0 aliphatic heterocycles. The third-order valence-corrected chi connectivity index (χ3v) is 4.59. The molecule has 0 spiro atoms. The number of aromatic nitrogens is 2. The van der Waals surface area contributed by atoms with Crippen LogP contribution in [0.3, 0.4) is 0 Å². The predicted molar refractivity (Wildman–Crippen MR) is 113 cm³/mol. The minimum atomic E-state index is -1.01. The zero-order valence-electron chi connectivity index (χ0n) is 16.6. The molecule has 3 amide bonds. The van der Waals surface area contributed by atoms with Crippen molar-refractivity contribution in [2.75, 3.05) is 10.6 Å². The van der Waals surface area contributed by atoms with Crippen molar-refractivity contribution in [3.63, 3.8) is 0 Å². The lowest BCUT2D eigenvalue weighted by Crippen LogP contribution is -2.20. The van der Waals surface area contributed by atoms with Crippen LogP contribution in [-0.2, 0) is 13.0 Å². The molecule has 2 aromatic carbocycles. The van der Waals surface area contributed by atoms with E-state index in [1.165, 1.54) is 23.0 Å². The van der Waals surface area contributed by atoms with Gasteiger partial charge in [-0.2, -0.15) is 0 Å². The Morgan fingerprint density at radius 1 is 1.06 bits per heavy atom. The fourth-order valence-electron chi connectivity index (χ4n) is 3.10. The number of carbonyl (C=O) groups excluding carboxylic acids is 2. The summed E-state index contributed by atoms with van der Waals surface area (Å²) in [6.45, 7) is 2.10. The van der Waals surface area contributed by atoms with Gasteiger partial charge in [-0.3, -0.25) is 4.79 Å². The molecule has 31 heavy (non-hydrogen) atoms. The molecule has 160 valence electrons. The molecular formula is C21H21N5O5. The minimum Gasteiger partial charge on any atom is -0.492 e. The zero-order valence-corrected chi connectivity index (χ0v) is 16.6. The molecule has 0 bridgehead atoms. The van der Waals surface area contributed by atoms with Crippen LogP contribution in [0.15, 0.2) is 48.8 Å². The van der Waals surface area contributed by atoms with E-state index in [-0.39, 0.29) is 17.8 Å². The van der Waals surface area contributed by atoms with Crippen molar-refractivity contribution in [2.45, 2.75) is 19.9 Å². The highest BCUT2D eigenvalue weighted by Crippen LogP contribution is 2.19. The molecule has 0 saturated heterocycles. The first-order valence-electron chi connectivity index (χ1n) is 9.35. The summed E-state index contributed by atoms with van der Waals surface area (Å²) in [5.74, 6) is -2.22. The van der Waals surface area contributed by atoms with E-state index in [0.717, 1.165) is 5.56 Å². The Morgan fingerprint density at radius 2 is 1.71 bits per heavy atom. The van der Waals surface area contributed by atoms with Crippen molar-refractivity contribution in [3.05, 3.63) is 71.2 Å². The van der Waals surface area contributed by atoms with Crippen LogP contribution in [0.4, 0.5) is 16.2 Å². The quantitative estimate of drug-likeness (QED) is 0.393. The largest absolute Gasteiger partial charge is 0.492 e. The molecule has 3 aromatic rings. The molecule has 0 aliphatic rings. The van der Waals surface area contributed by atoms with Crippen LogP contribution in [0.1, 0.15) is 38.9 Å². The van der Waals surface area contributed by atoms with E-state index in [0.29, 0.717) is 23.4 Å². The van der Waals surface area contributed by atoms with E-state index < -0.39 is 23.8 Å². The maximum Gasteiger partial charge on any atom is 0.335 e. The molecular weight excluding hydrogens is 402 g/mol. The molecule has 0 fully saturated rings. The summed E-state index contributed by atoms with van der Waals surface area (Å²) < 4.78 is 1.43. The fraction of sp³-hybridized carbons (Fsp3) is 0.143. The second-order valence-electron chi connectivity index (χ2n) is 6.72. The maximum absolute atomic E-state index is 12.3. The number of imidazole rings is 1. The smallest absolute Gasteiger partial charge is 0.335 e. The highest BCUT2D eigenvalue weighted by Gasteiger charge is 2.15. The van der Waals surface area contributed by atoms with Crippen LogP contribution < -0.4 is 16.4 Å². The molecule has 1 aromatic heterocycles. The summed E-state index contributed by atoms with van der Waals surface area (Å²) >= 11 is 0. The number of aromatic carboxylic acids is 1. The Hall–Kier alpha value is -4.34. The standard InChI is InChI=1S/C21H21N5O5/c1-2-13-9-15(7-8-16(13)20(29)30)25-21(31)24-14-5-3-12(4-6-14)10-26-11-23-19(28)17(26)18(22)27/h3-9,11,28H,2,10H2,1H3,(H2,22,27)(H,29,30)(H2,24,25,31). The van der Waals surface area contributed by atoms with Crippen molar-refractivity contribution in [1.82, 2.24) is 9.55 Å². The topological polar surface area (TPSA) is 160 Å². The van der Waals surface area contributed by atoms with Crippen LogP contribution in [0.25, 0.3) is 0 Å². The number of primary amides is 1. The highest BCUT2D eigenvalue weighted by molar-refractivity contribution is 6.00. The second-order valence-corrected chi connectivity index (χ2v) is 6.72. The number of aryl methyl sites for hydroxylation is 1. The first kappa shape index (κ1) is 21.4. The van der Waals surface area contributed by atoms with Gasteiger partial charge in [-0.25, -0.2) is 14.6 Å². The number of aromatic hydroxyl groups is 1. The van der Waals surface area contributed by atoms with Crippen LogP contribution in [0, 0.1) is 0 Å². The van der Waals surface area contributed by atoms with Crippen molar-refractivity contribution in [1.29, 1.82) is 0 Å². The number of hydrogen-bond donors (Lipinski definition) is 5. The van der Waals surface area contributed by atoms with Gasteiger partial charge in [-0.1, -0.05) is 19.1 Å². The molecule has 1 heterocycles. The summed E-state index contributed by atoms with van der Waals surface area (Å²) in [6, 6.07) is 11.0. The Labute approximate surface area is 177 Å². The fourth-order valence-corrected chi connectivity index (χ4v) is 3.10. The summed E-state index contributed by atoms with van der Waals surface area (Å²) in [5, 5.41) is 24.2. The number of anilines is 2. The van der Waals surface area contributed by atoms with E-state index in [9.17, 15) is 24.6 Å². The molecule has 0 saturated carbocycles. The third kappa shape index (κ3) is 4.99. The predicted octanol–water partition coefficient (Wildman–Crippen LogP) is 2.64. The molecule has 0 radical (unpaired) electrons. The normalized spacial score (nSPS) is 10.5. The molecule has 10 nitrogen and oxygen atoms in total. The van der Waals surface area contributed by atoms with E-state index in [1.807, 2.05) is 6.92 Å². The summed E-state index contributed by atoms with van der Waals surface area (Å²) in [4.78, 5) is 38.6. The highest BCUT2D eigenvalue weighted by atomic mass is 16.4. The average Bonchev–Trinajstić information content (AvgIpc) is 3.09.